The van der Waals surface area contributed by atoms with Gasteiger partial charge in [0, 0.05) is 6.61 Å². The van der Waals surface area contributed by atoms with Crippen LogP contribution in [-0.4, -0.2) is 39.6 Å². The van der Waals surface area contributed by atoms with Gasteiger partial charge >= 0.3 is 0 Å². The molecule has 4 unspecified atom stereocenters. The summed E-state index contributed by atoms with van der Waals surface area (Å²) in [6, 6.07) is 0. The molecule has 0 aliphatic carbocycles. The molecule has 0 aromatic carbocycles. The van der Waals surface area contributed by atoms with Gasteiger partial charge in [-0.1, -0.05) is 38.5 Å². The van der Waals surface area contributed by atoms with Crippen LogP contribution >= 0.6 is 12.6 Å². The lowest BCUT2D eigenvalue weighted by atomic mass is 10.3. The molecule has 0 amide bonds. The van der Waals surface area contributed by atoms with E-state index in [0.29, 0.717) is 6.42 Å². The molecule has 0 N–H and O–H groups in total. The van der Waals surface area contributed by atoms with Crippen molar-refractivity contribution in [3.63, 3.8) is 0 Å². The Bertz CT molecular complexity index is 553. The van der Waals surface area contributed by atoms with Crippen molar-refractivity contribution in [3.8, 4) is 0 Å². The third kappa shape index (κ3) is 6.37. The van der Waals surface area contributed by atoms with E-state index < -0.39 is 41.0 Å². The first-order valence-corrected chi connectivity index (χ1v) is 10.4. The highest BCUT2D eigenvalue weighted by Gasteiger charge is 2.39. The molecule has 0 saturated carbocycles. The number of hydrogen-bond acceptors (Lipinski definition) is 5. The van der Waals surface area contributed by atoms with Crippen molar-refractivity contribution in [1.82, 2.24) is 0 Å². The van der Waals surface area contributed by atoms with Crippen LogP contribution in [0.4, 0.5) is 0 Å². The van der Waals surface area contributed by atoms with Crippen LogP contribution < -0.4 is 0 Å². The number of sulfone groups is 1. The molecule has 0 rings (SSSR count). The van der Waals surface area contributed by atoms with E-state index in [4.69, 9.17) is 4.74 Å². The maximum absolute atomic E-state index is 12.6. The molecule has 0 aliphatic heterocycles. The van der Waals surface area contributed by atoms with E-state index in [-0.39, 0.29) is 6.61 Å². The fourth-order valence-electron chi connectivity index (χ4n) is 1.78. The highest BCUT2D eigenvalue weighted by Crippen LogP contribution is 2.21. The van der Waals surface area contributed by atoms with Gasteiger partial charge in [0.15, 0.2) is 19.9 Å². The summed E-state index contributed by atoms with van der Waals surface area (Å²) in [5, 5.41) is -1.93. The molecule has 0 heterocycles. The summed E-state index contributed by atoms with van der Waals surface area (Å²) in [6.45, 7) is 12.5. The Morgan fingerprint density at radius 2 is 1.83 bits per heavy atom. The van der Waals surface area contributed by atoms with E-state index in [2.05, 4.69) is 32.4 Å². The standard InChI is InChI=1S/C15H24O5S3/c1-5-9-10-11-20-13(7-3)23(18,19)14(8-4)22(17)12(6-2)15(16)21/h6-8,12-14H,2-5,9-11H2,1H3,(H,16,21). The average Bonchev–Trinajstić information content (AvgIpc) is 2.47. The SMILES string of the molecule is C=CC(C(=O)S)S(=O)C(C=C)S(=O)(=O)C(C=C)OCCCCC. The maximum Gasteiger partial charge on any atom is 0.205 e. The summed E-state index contributed by atoms with van der Waals surface area (Å²) in [7, 11) is -6.13. The zero-order valence-electron chi connectivity index (χ0n) is 13.2. The van der Waals surface area contributed by atoms with Gasteiger partial charge in [0.05, 0.1) is 10.8 Å². The van der Waals surface area contributed by atoms with Crippen molar-refractivity contribution in [2.75, 3.05) is 6.61 Å². The van der Waals surface area contributed by atoms with E-state index in [1.165, 1.54) is 0 Å². The van der Waals surface area contributed by atoms with Gasteiger partial charge < -0.3 is 4.74 Å². The minimum atomic E-state index is -4.03. The first-order chi connectivity index (χ1) is 10.8. The molecule has 0 bridgehead atoms. The Morgan fingerprint density at radius 1 is 1.22 bits per heavy atom. The molecule has 4 atom stereocenters. The van der Waals surface area contributed by atoms with E-state index >= 15 is 0 Å². The normalized spacial score (nSPS) is 16.8. The lowest BCUT2D eigenvalue weighted by Crippen LogP contribution is -2.39. The zero-order chi connectivity index (χ0) is 18.0. The molecule has 8 heteroatoms. The van der Waals surface area contributed by atoms with Crippen molar-refractivity contribution in [1.29, 1.82) is 0 Å². The van der Waals surface area contributed by atoms with Gasteiger partial charge in [-0.2, -0.15) is 0 Å². The number of carbonyl (C=O) groups is 1. The van der Waals surface area contributed by atoms with Crippen molar-refractivity contribution in [2.45, 2.75) is 41.5 Å². The van der Waals surface area contributed by atoms with Crippen LogP contribution in [0.2, 0.25) is 0 Å². The average molecular weight is 381 g/mol. The minimum Gasteiger partial charge on any atom is -0.358 e. The smallest absolute Gasteiger partial charge is 0.205 e. The van der Waals surface area contributed by atoms with E-state index in [1.807, 2.05) is 6.92 Å². The van der Waals surface area contributed by atoms with Gasteiger partial charge in [-0.05, 0) is 12.5 Å². The predicted molar refractivity (Wildman–Crippen MR) is 98.5 cm³/mol. The third-order valence-electron chi connectivity index (χ3n) is 3.00. The second-order valence-electron chi connectivity index (χ2n) is 4.70. The van der Waals surface area contributed by atoms with Crippen molar-refractivity contribution in [3.05, 3.63) is 38.0 Å². The van der Waals surface area contributed by atoms with Gasteiger partial charge in [-0.25, -0.2) is 8.42 Å². The fraction of sp³-hybridized carbons (Fsp3) is 0.533. The van der Waals surface area contributed by atoms with Crippen molar-refractivity contribution < 1.29 is 22.2 Å². The van der Waals surface area contributed by atoms with Crippen molar-refractivity contribution in [2.24, 2.45) is 0 Å². The third-order valence-corrected chi connectivity index (χ3v) is 8.20. The Kier molecular flexibility index (Phi) is 10.6. The summed E-state index contributed by atoms with van der Waals surface area (Å²) >= 11 is 3.61. The summed E-state index contributed by atoms with van der Waals surface area (Å²) < 4.78 is 41.5. The van der Waals surface area contributed by atoms with E-state index in [9.17, 15) is 17.4 Å². The lowest BCUT2D eigenvalue weighted by molar-refractivity contribution is -0.109. The first-order valence-electron chi connectivity index (χ1n) is 7.12. The highest BCUT2D eigenvalue weighted by molar-refractivity contribution is 8.09. The maximum atomic E-state index is 12.6. The van der Waals surface area contributed by atoms with Crippen LogP contribution in [0.25, 0.3) is 0 Å². The molecular weight excluding hydrogens is 356 g/mol. The number of ether oxygens (including phenoxy) is 1. The van der Waals surface area contributed by atoms with Crippen LogP contribution in [0.1, 0.15) is 26.2 Å². The molecule has 0 saturated heterocycles. The Labute approximate surface area is 146 Å². The Balaban J connectivity index is 5.33. The largest absolute Gasteiger partial charge is 0.358 e. The van der Waals surface area contributed by atoms with Crippen LogP contribution in [0, 0.1) is 0 Å². The summed E-state index contributed by atoms with van der Waals surface area (Å²) in [6.07, 6.45) is 5.88. The number of thiol groups is 1. The first kappa shape index (κ1) is 22.3. The van der Waals surface area contributed by atoms with Crippen LogP contribution in [-0.2, 0) is 30.2 Å². The molecule has 0 aliphatic rings. The summed E-state index contributed by atoms with van der Waals surface area (Å²) in [5.41, 5.74) is -1.31. The Hall–Kier alpha value is -0.700. The predicted octanol–water partition coefficient (Wildman–Crippen LogP) is 2.39. The molecule has 0 spiro atoms. The van der Waals surface area contributed by atoms with Gasteiger partial charge in [0.25, 0.3) is 0 Å². The molecular formula is C15H24O5S3. The second-order valence-corrected chi connectivity index (χ2v) is 9.26. The molecule has 0 radical (unpaired) electrons. The van der Waals surface area contributed by atoms with Gasteiger partial charge in [0.1, 0.15) is 5.25 Å². The fourth-order valence-corrected chi connectivity index (χ4v) is 5.90. The topological polar surface area (TPSA) is 77.5 Å². The summed E-state index contributed by atoms with van der Waals surface area (Å²) in [4.78, 5) is 11.4. The molecule has 5 nitrogen and oxygen atoms in total. The highest BCUT2D eigenvalue weighted by atomic mass is 32.3. The Morgan fingerprint density at radius 3 is 2.22 bits per heavy atom. The number of unbranched alkanes of at least 4 members (excludes halogenated alkanes) is 2. The van der Waals surface area contributed by atoms with Crippen LogP contribution in [0.3, 0.4) is 0 Å². The monoisotopic (exact) mass is 380 g/mol. The van der Waals surface area contributed by atoms with Gasteiger partial charge in [-0.15, -0.1) is 25.8 Å². The molecule has 0 aromatic rings. The zero-order valence-corrected chi connectivity index (χ0v) is 15.7. The number of carbonyl (C=O) groups excluding carboxylic acids is 1. The van der Waals surface area contributed by atoms with Crippen molar-refractivity contribution >= 4 is 38.4 Å². The lowest BCUT2D eigenvalue weighted by Gasteiger charge is -2.21. The molecule has 0 aromatic heterocycles. The molecule has 0 fully saturated rings. The summed E-state index contributed by atoms with van der Waals surface area (Å²) in [5.74, 6) is 0. The quantitative estimate of drug-likeness (QED) is 0.302. The van der Waals surface area contributed by atoms with E-state index in [0.717, 1.165) is 31.1 Å². The second kappa shape index (κ2) is 11.0. The number of rotatable bonds is 13. The molecule has 132 valence electrons. The van der Waals surface area contributed by atoms with Crippen LogP contribution in [0.15, 0.2) is 38.0 Å². The van der Waals surface area contributed by atoms with Gasteiger partial charge in [0.2, 0.25) is 5.12 Å². The molecule has 23 heavy (non-hydrogen) atoms. The van der Waals surface area contributed by atoms with Crippen LogP contribution in [0.5, 0.6) is 0 Å². The number of hydrogen-bond donors (Lipinski definition) is 1. The van der Waals surface area contributed by atoms with Gasteiger partial charge in [-0.3, -0.25) is 9.00 Å². The minimum absolute atomic E-state index is 0.247. The van der Waals surface area contributed by atoms with E-state index in [1.54, 1.807) is 0 Å².